The maximum atomic E-state index is 11.7. The van der Waals surface area contributed by atoms with Gasteiger partial charge in [0.05, 0.1) is 12.2 Å². The molecule has 1 N–H and O–H groups in total. The molecule has 2 unspecified atom stereocenters. The fraction of sp³-hybridized carbons (Fsp3) is 0.900. The van der Waals surface area contributed by atoms with E-state index in [2.05, 4.69) is 0 Å². The summed E-state index contributed by atoms with van der Waals surface area (Å²) in [6.07, 6.45) is 2.68. The number of hydrogen-bond donors (Lipinski definition) is 1. The molecular weight excluding hydrogens is 179 g/mol. The van der Waals surface area contributed by atoms with Gasteiger partial charge in [0.15, 0.2) is 0 Å². The second-order valence-electron chi connectivity index (χ2n) is 4.76. The van der Waals surface area contributed by atoms with Crippen molar-refractivity contribution < 1.29 is 14.6 Å². The van der Waals surface area contributed by atoms with Crippen molar-refractivity contribution in [2.24, 2.45) is 0 Å². The molecule has 2 atom stereocenters. The van der Waals surface area contributed by atoms with Crippen LogP contribution in [0, 0.1) is 0 Å². The van der Waals surface area contributed by atoms with Crippen molar-refractivity contribution in [3.8, 4) is 0 Å². The summed E-state index contributed by atoms with van der Waals surface area (Å²) in [7, 11) is 1.89. The number of carbonyl (C=O) groups is 1. The summed E-state index contributed by atoms with van der Waals surface area (Å²) in [6.45, 7) is 3.70. The molecule has 0 amide bonds. The topological polar surface area (TPSA) is 46.5 Å². The molecule has 3 nitrogen and oxygen atoms in total. The van der Waals surface area contributed by atoms with Crippen molar-refractivity contribution >= 4 is 13.8 Å². The van der Waals surface area contributed by atoms with Crippen LogP contribution in [-0.4, -0.2) is 31.1 Å². The molecule has 1 saturated carbocycles. The van der Waals surface area contributed by atoms with Crippen LogP contribution < -0.4 is 0 Å². The Labute approximate surface area is 86.2 Å². The minimum atomic E-state index is -0.470. The van der Waals surface area contributed by atoms with E-state index in [9.17, 15) is 9.90 Å². The van der Waals surface area contributed by atoms with Gasteiger partial charge in [0.2, 0.25) is 0 Å². The summed E-state index contributed by atoms with van der Waals surface area (Å²) in [5.41, 5.74) is 0. The molecule has 0 aromatic carbocycles. The Kier molecular flexibility index (Phi) is 3.59. The highest BCUT2D eigenvalue weighted by molar-refractivity contribution is 6.27. The Morgan fingerprint density at radius 2 is 2.29 bits per heavy atom. The van der Waals surface area contributed by atoms with Crippen molar-refractivity contribution in [1.82, 2.24) is 0 Å². The summed E-state index contributed by atoms with van der Waals surface area (Å²) in [4.78, 5) is 11.7. The average molecular weight is 198 g/mol. The van der Waals surface area contributed by atoms with Crippen LogP contribution in [0.1, 0.15) is 39.5 Å². The lowest BCUT2D eigenvalue weighted by atomic mass is 9.59. The van der Waals surface area contributed by atoms with Crippen molar-refractivity contribution in [1.29, 1.82) is 0 Å². The molecule has 0 aromatic rings. The van der Waals surface area contributed by atoms with Crippen LogP contribution in [0.3, 0.4) is 0 Å². The van der Waals surface area contributed by atoms with E-state index in [1.807, 2.05) is 21.7 Å². The molecule has 80 valence electrons. The molecule has 0 spiro atoms. The van der Waals surface area contributed by atoms with Crippen LogP contribution in [0.25, 0.3) is 0 Å². The summed E-state index contributed by atoms with van der Waals surface area (Å²) >= 11 is 0. The summed E-state index contributed by atoms with van der Waals surface area (Å²) in [5.74, 6) is -0.161. The average Bonchev–Trinajstić information content (AvgIpc) is 2.02. The lowest BCUT2D eigenvalue weighted by Gasteiger charge is -2.34. The molecule has 0 heterocycles. The SMILES string of the molecule is BC1(C(=O)OC(C)C)CCCC(O)C1. The van der Waals surface area contributed by atoms with Gasteiger partial charge in [0, 0.05) is 5.31 Å². The lowest BCUT2D eigenvalue weighted by Crippen LogP contribution is -2.35. The van der Waals surface area contributed by atoms with Gasteiger partial charge in [-0.05, 0) is 33.1 Å². The molecule has 0 bridgehead atoms. The van der Waals surface area contributed by atoms with Gasteiger partial charge < -0.3 is 9.84 Å². The molecule has 0 aliphatic heterocycles. The van der Waals surface area contributed by atoms with Crippen molar-refractivity contribution in [3.05, 3.63) is 0 Å². The van der Waals surface area contributed by atoms with Crippen LogP contribution in [0.15, 0.2) is 0 Å². The minimum Gasteiger partial charge on any atom is -0.463 e. The third-order valence-corrected chi connectivity index (χ3v) is 2.79. The normalized spacial score (nSPS) is 33.0. The molecule has 0 radical (unpaired) electrons. The van der Waals surface area contributed by atoms with E-state index < -0.39 is 5.31 Å². The largest absolute Gasteiger partial charge is 0.463 e. The number of aliphatic hydroxyl groups is 1. The first kappa shape index (κ1) is 11.6. The van der Waals surface area contributed by atoms with E-state index in [4.69, 9.17) is 4.74 Å². The number of hydrogen-bond acceptors (Lipinski definition) is 3. The van der Waals surface area contributed by atoms with Gasteiger partial charge >= 0.3 is 5.97 Å². The summed E-state index contributed by atoms with van der Waals surface area (Å²) in [5, 5.41) is 9.05. The summed E-state index contributed by atoms with van der Waals surface area (Å²) < 4.78 is 5.19. The number of esters is 1. The Hall–Kier alpha value is -0.505. The number of ether oxygens (including phenoxy) is 1. The second-order valence-corrected chi connectivity index (χ2v) is 4.76. The predicted octanol–water partition coefficient (Wildman–Crippen LogP) is 0.665. The minimum absolute atomic E-state index is 0.0709. The maximum absolute atomic E-state index is 11.7. The van der Waals surface area contributed by atoms with E-state index in [0.717, 1.165) is 19.3 Å². The van der Waals surface area contributed by atoms with Gasteiger partial charge in [-0.25, -0.2) is 0 Å². The van der Waals surface area contributed by atoms with Crippen molar-refractivity contribution in [2.75, 3.05) is 0 Å². The van der Waals surface area contributed by atoms with E-state index in [1.165, 1.54) is 0 Å². The van der Waals surface area contributed by atoms with Crippen LogP contribution in [0.2, 0.25) is 5.31 Å². The first-order chi connectivity index (χ1) is 6.44. The van der Waals surface area contributed by atoms with Crippen LogP contribution in [-0.2, 0) is 9.53 Å². The van der Waals surface area contributed by atoms with Gasteiger partial charge in [-0.15, -0.1) is 0 Å². The second kappa shape index (κ2) is 4.34. The highest BCUT2D eigenvalue weighted by Gasteiger charge is 2.39. The van der Waals surface area contributed by atoms with Gasteiger partial charge in [-0.1, -0.05) is 6.42 Å². The Morgan fingerprint density at radius 1 is 1.64 bits per heavy atom. The van der Waals surface area contributed by atoms with Crippen LogP contribution in [0.5, 0.6) is 0 Å². The highest BCUT2D eigenvalue weighted by atomic mass is 16.5. The Morgan fingerprint density at radius 3 is 2.79 bits per heavy atom. The fourth-order valence-corrected chi connectivity index (χ4v) is 1.99. The molecule has 1 fully saturated rings. The third kappa shape index (κ3) is 2.74. The van der Waals surface area contributed by atoms with E-state index in [1.54, 1.807) is 0 Å². The van der Waals surface area contributed by atoms with Crippen molar-refractivity contribution in [3.63, 3.8) is 0 Å². The molecule has 1 aliphatic carbocycles. The molecule has 1 rings (SSSR count). The smallest absolute Gasteiger partial charge is 0.304 e. The molecule has 14 heavy (non-hydrogen) atoms. The van der Waals surface area contributed by atoms with Crippen LogP contribution in [0.4, 0.5) is 0 Å². The van der Waals surface area contributed by atoms with E-state index in [0.29, 0.717) is 6.42 Å². The predicted molar refractivity (Wildman–Crippen MR) is 56.9 cm³/mol. The van der Waals surface area contributed by atoms with Gasteiger partial charge in [0.1, 0.15) is 7.85 Å². The molecular formula is C10H19BO3. The molecule has 0 saturated heterocycles. The standard InChI is InChI=1S/C10H19BO3/c1-7(2)14-9(13)10(11)5-3-4-8(12)6-10/h7-8,12H,3-6,11H2,1-2H3. The van der Waals surface area contributed by atoms with E-state index >= 15 is 0 Å². The third-order valence-electron chi connectivity index (χ3n) is 2.79. The molecule has 4 heteroatoms. The molecule has 1 aliphatic rings. The van der Waals surface area contributed by atoms with Gasteiger partial charge in [-0.2, -0.15) is 0 Å². The first-order valence-corrected chi connectivity index (χ1v) is 5.33. The summed E-state index contributed by atoms with van der Waals surface area (Å²) in [6, 6.07) is 0. The Bertz CT molecular complexity index is 217. The van der Waals surface area contributed by atoms with E-state index in [-0.39, 0.29) is 18.2 Å². The highest BCUT2D eigenvalue weighted by Crippen LogP contribution is 2.41. The van der Waals surface area contributed by atoms with Gasteiger partial charge in [-0.3, -0.25) is 4.79 Å². The fourth-order valence-electron chi connectivity index (χ4n) is 1.99. The maximum Gasteiger partial charge on any atom is 0.304 e. The number of rotatable bonds is 2. The lowest BCUT2D eigenvalue weighted by molar-refractivity contribution is -0.153. The van der Waals surface area contributed by atoms with Crippen LogP contribution >= 0.6 is 0 Å². The monoisotopic (exact) mass is 198 g/mol. The zero-order chi connectivity index (χ0) is 10.8. The Balaban J connectivity index is 2.59. The quantitative estimate of drug-likeness (QED) is 0.523. The zero-order valence-corrected chi connectivity index (χ0v) is 9.25. The zero-order valence-electron chi connectivity index (χ0n) is 9.25. The van der Waals surface area contributed by atoms with Gasteiger partial charge in [0.25, 0.3) is 0 Å². The first-order valence-electron chi connectivity index (χ1n) is 5.33. The molecule has 0 aromatic heterocycles. The van der Waals surface area contributed by atoms with Crippen molar-refractivity contribution in [2.45, 2.75) is 57.1 Å². The number of aliphatic hydroxyl groups excluding tert-OH is 1. The number of carbonyl (C=O) groups excluding carboxylic acids is 1.